The van der Waals surface area contributed by atoms with Gasteiger partial charge < -0.3 is 10.6 Å². The second kappa shape index (κ2) is 9.63. The van der Waals surface area contributed by atoms with E-state index in [0.717, 1.165) is 4.88 Å². The molecule has 146 valence electrons. The van der Waals surface area contributed by atoms with Gasteiger partial charge in [-0.1, -0.05) is 29.8 Å². The van der Waals surface area contributed by atoms with E-state index in [4.69, 9.17) is 11.6 Å². The van der Waals surface area contributed by atoms with Crippen LogP contribution >= 0.6 is 22.9 Å². The van der Waals surface area contributed by atoms with E-state index in [1.165, 1.54) is 29.7 Å². The molecule has 3 amide bonds. The normalized spacial score (nSPS) is 10.5. The molecule has 3 rings (SSSR count). The van der Waals surface area contributed by atoms with Crippen molar-refractivity contribution < 1.29 is 14.4 Å². The smallest absolute Gasteiger partial charge is 0.322 e. The quantitative estimate of drug-likeness (QED) is 0.329. The van der Waals surface area contributed by atoms with Crippen LogP contribution in [0, 0.1) is 0 Å². The molecule has 0 saturated heterocycles. The molecular formula is C20H15ClN4O3S. The molecule has 29 heavy (non-hydrogen) atoms. The molecule has 0 fully saturated rings. The summed E-state index contributed by atoms with van der Waals surface area (Å²) in [6.07, 6.45) is 1.43. The fourth-order valence-electron chi connectivity index (χ4n) is 2.27. The number of amides is 3. The molecule has 0 aliphatic carbocycles. The number of thiophene rings is 1. The lowest BCUT2D eigenvalue weighted by molar-refractivity contribution is -0.136. The highest BCUT2D eigenvalue weighted by molar-refractivity contribution is 7.11. The Morgan fingerprint density at radius 1 is 0.897 bits per heavy atom. The maximum Gasteiger partial charge on any atom is 0.329 e. The average Bonchev–Trinajstić information content (AvgIpc) is 3.23. The van der Waals surface area contributed by atoms with E-state index in [-0.39, 0.29) is 11.3 Å². The molecule has 9 heteroatoms. The molecule has 0 atom stereocenters. The first-order valence-electron chi connectivity index (χ1n) is 8.37. The second-order valence-electron chi connectivity index (χ2n) is 5.68. The lowest BCUT2D eigenvalue weighted by atomic mass is 10.1. The van der Waals surface area contributed by atoms with Gasteiger partial charge in [0, 0.05) is 15.6 Å². The van der Waals surface area contributed by atoms with Crippen molar-refractivity contribution in [1.82, 2.24) is 5.43 Å². The molecule has 0 radical (unpaired) electrons. The van der Waals surface area contributed by atoms with Crippen LogP contribution < -0.4 is 16.1 Å². The van der Waals surface area contributed by atoms with Crippen molar-refractivity contribution >= 4 is 58.2 Å². The zero-order valence-electron chi connectivity index (χ0n) is 14.9. The van der Waals surface area contributed by atoms with E-state index in [9.17, 15) is 14.4 Å². The fraction of sp³-hybridized carbons (Fsp3) is 0. The van der Waals surface area contributed by atoms with Gasteiger partial charge in [-0.25, -0.2) is 5.43 Å². The summed E-state index contributed by atoms with van der Waals surface area (Å²) < 4.78 is 0. The number of nitrogens with one attached hydrogen (secondary N) is 3. The molecule has 0 aliphatic heterocycles. The highest BCUT2D eigenvalue weighted by Gasteiger charge is 2.17. The van der Waals surface area contributed by atoms with Crippen LogP contribution in [0.15, 0.2) is 71.1 Å². The standard InChI is InChI=1S/C20H15ClN4O3S/c21-13-7-9-14(10-8-13)23-18(26)16-5-1-2-6-17(16)24-19(27)20(28)25-22-12-15-4-3-11-29-15/h1-12H,(H,23,26)(H,24,27)(H,25,28)/b22-12-. The molecule has 0 aliphatic rings. The Morgan fingerprint density at radius 2 is 1.66 bits per heavy atom. The number of rotatable bonds is 5. The third kappa shape index (κ3) is 5.74. The Labute approximate surface area is 175 Å². The number of nitrogens with zero attached hydrogens (tertiary/aromatic N) is 1. The van der Waals surface area contributed by atoms with E-state index in [2.05, 4.69) is 21.2 Å². The van der Waals surface area contributed by atoms with Gasteiger partial charge in [0.1, 0.15) is 0 Å². The van der Waals surface area contributed by atoms with E-state index in [1.54, 1.807) is 36.4 Å². The number of hydrazone groups is 1. The summed E-state index contributed by atoms with van der Waals surface area (Å²) in [6.45, 7) is 0. The summed E-state index contributed by atoms with van der Waals surface area (Å²) in [7, 11) is 0. The molecule has 0 spiro atoms. The first-order chi connectivity index (χ1) is 14.0. The Kier molecular flexibility index (Phi) is 6.72. The summed E-state index contributed by atoms with van der Waals surface area (Å²) in [5.41, 5.74) is 3.09. The average molecular weight is 427 g/mol. The molecule has 0 bridgehead atoms. The summed E-state index contributed by atoms with van der Waals surface area (Å²) in [6, 6.07) is 16.6. The number of hydrogen-bond donors (Lipinski definition) is 3. The van der Waals surface area contributed by atoms with Crippen molar-refractivity contribution in [3.8, 4) is 0 Å². The number of carbonyl (C=O) groups excluding carboxylic acids is 3. The van der Waals surface area contributed by atoms with Crippen molar-refractivity contribution in [2.24, 2.45) is 5.10 Å². The molecule has 2 aromatic carbocycles. The molecular weight excluding hydrogens is 412 g/mol. The molecule has 0 saturated carbocycles. The van der Waals surface area contributed by atoms with Crippen LogP contribution in [0.25, 0.3) is 0 Å². The summed E-state index contributed by atoms with van der Waals surface area (Å²) in [5, 5.41) is 11.3. The Bertz CT molecular complexity index is 1050. The third-order valence-corrected chi connectivity index (χ3v) is 4.69. The van der Waals surface area contributed by atoms with Gasteiger partial charge in [-0.15, -0.1) is 11.3 Å². The lowest BCUT2D eigenvalue weighted by Gasteiger charge is -2.11. The first-order valence-corrected chi connectivity index (χ1v) is 9.62. The SMILES string of the molecule is O=C(N/N=C\c1cccs1)C(=O)Nc1ccccc1C(=O)Nc1ccc(Cl)cc1. The zero-order valence-corrected chi connectivity index (χ0v) is 16.5. The minimum absolute atomic E-state index is 0.196. The molecule has 1 aromatic heterocycles. The minimum Gasteiger partial charge on any atom is -0.322 e. The molecule has 7 nitrogen and oxygen atoms in total. The Balaban J connectivity index is 1.64. The van der Waals surface area contributed by atoms with Gasteiger partial charge >= 0.3 is 11.8 Å². The van der Waals surface area contributed by atoms with Gasteiger partial charge in [-0.2, -0.15) is 5.10 Å². The van der Waals surface area contributed by atoms with Crippen LogP contribution in [-0.4, -0.2) is 23.9 Å². The van der Waals surface area contributed by atoms with Gasteiger partial charge in [0.15, 0.2) is 0 Å². The van der Waals surface area contributed by atoms with Gasteiger partial charge in [-0.3, -0.25) is 14.4 Å². The maximum atomic E-state index is 12.6. The van der Waals surface area contributed by atoms with E-state index >= 15 is 0 Å². The second-order valence-corrected chi connectivity index (χ2v) is 7.09. The van der Waals surface area contributed by atoms with Crippen LogP contribution in [0.4, 0.5) is 11.4 Å². The number of benzene rings is 2. The topological polar surface area (TPSA) is 99.7 Å². The predicted octanol–water partition coefficient (Wildman–Crippen LogP) is 3.74. The Morgan fingerprint density at radius 3 is 2.38 bits per heavy atom. The van der Waals surface area contributed by atoms with Crippen LogP contribution in [-0.2, 0) is 9.59 Å². The van der Waals surface area contributed by atoms with Crippen LogP contribution in [0.1, 0.15) is 15.2 Å². The summed E-state index contributed by atoms with van der Waals surface area (Å²) >= 11 is 7.27. The first kappa shape index (κ1) is 20.2. The van der Waals surface area contributed by atoms with Crippen molar-refractivity contribution in [3.63, 3.8) is 0 Å². The van der Waals surface area contributed by atoms with Crippen LogP contribution in [0.3, 0.4) is 0 Å². The monoisotopic (exact) mass is 426 g/mol. The van der Waals surface area contributed by atoms with Crippen molar-refractivity contribution in [2.45, 2.75) is 0 Å². The van der Waals surface area contributed by atoms with Gasteiger partial charge in [0.25, 0.3) is 5.91 Å². The minimum atomic E-state index is -0.953. The van der Waals surface area contributed by atoms with Crippen LogP contribution in [0.5, 0.6) is 0 Å². The largest absolute Gasteiger partial charge is 0.329 e. The van der Waals surface area contributed by atoms with Gasteiger partial charge in [0.2, 0.25) is 0 Å². The van der Waals surface area contributed by atoms with Gasteiger partial charge in [-0.05, 0) is 47.8 Å². The number of hydrogen-bond acceptors (Lipinski definition) is 5. The van der Waals surface area contributed by atoms with Crippen molar-refractivity contribution in [1.29, 1.82) is 0 Å². The molecule has 0 unspecified atom stereocenters. The van der Waals surface area contributed by atoms with E-state index in [1.807, 2.05) is 17.5 Å². The number of carbonyl (C=O) groups is 3. The highest BCUT2D eigenvalue weighted by atomic mass is 35.5. The number of halogens is 1. The number of para-hydroxylation sites is 1. The predicted molar refractivity (Wildman–Crippen MR) is 115 cm³/mol. The summed E-state index contributed by atoms with van der Waals surface area (Å²) in [5.74, 6) is -2.34. The molecule has 3 aromatic rings. The van der Waals surface area contributed by atoms with Crippen molar-refractivity contribution in [3.05, 3.63) is 81.5 Å². The highest BCUT2D eigenvalue weighted by Crippen LogP contribution is 2.19. The van der Waals surface area contributed by atoms with Gasteiger partial charge in [0.05, 0.1) is 17.5 Å². The maximum absolute atomic E-state index is 12.6. The molecule has 3 N–H and O–H groups in total. The van der Waals surface area contributed by atoms with E-state index in [0.29, 0.717) is 10.7 Å². The molecule has 1 heterocycles. The Hall–Kier alpha value is -3.49. The fourth-order valence-corrected chi connectivity index (χ4v) is 2.98. The van der Waals surface area contributed by atoms with E-state index < -0.39 is 17.7 Å². The van der Waals surface area contributed by atoms with Crippen molar-refractivity contribution in [2.75, 3.05) is 10.6 Å². The zero-order chi connectivity index (χ0) is 20.6. The third-order valence-electron chi connectivity index (χ3n) is 3.63. The summed E-state index contributed by atoms with van der Waals surface area (Å²) in [4.78, 5) is 37.5. The number of anilines is 2. The lowest BCUT2D eigenvalue weighted by Crippen LogP contribution is -2.33. The van der Waals surface area contributed by atoms with Crippen LogP contribution in [0.2, 0.25) is 5.02 Å².